The van der Waals surface area contributed by atoms with E-state index < -0.39 is 0 Å². The monoisotopic (exact) mass is 314 g/mol. The van der Waals surface area contributed by atoms with E-state index in [4.69, 9.17) is 4.74 Å². The van der Waals surface area contributed by atoms with Crippen LogP contribution in [0.4, 0.5) is 5.69 Å². The van der Waals surface area contributed by atoms with Crippen LogP contribution in [0.2, 0.25) is 0 Å². The summed E-state index contributed by atoms with van der Waals surface area (Å²) in [6.07, 6.45) is 0.955. The average Bonchev–Trinajstić information content (AvgIpc) is 2.50. The predicted molar refractivity (Wildman–Crippen MR) is 91.0 cm³/mol. The Bertz CT molecular complexity index is 707. The molecule has 1 aromatic heterocycles. The minimum atomic E-state index is -0.137. The van der Waals surface area contributed by atoms with Gasteiger partial charge in [-0.2, -0.15) is 0 Å². The number of carbonyl (C=O) groups excluding carboxylic acids is 1. The van der Waals surface area contributed by atoms with Crippen LogP contribution in [0.15, 0.2) is 41.2 Å². The SMILES string of the molecule is CCCOc1ccc(NC(=O)Cn2c(C)cc(=O)cc2C)cc1. The molecule has 23 heavy (non-hydrogen) atoms. The second-order valence-corrected chi connectivity index (χ2v) is 5.48. The van der Waals surface area contributed by atoms with Crippen LogP contribution in [0, 0.1) is 13.8 Å². The number of rotatable bonds is 6. The first-order chi connectivity index (χ1) is 11.0. The van der Waals surface area contributed by atoms with Crippen molar-refractivity contribution in [2.24, 2.45) is 0 Å². The molecule has 1 amide bonds. The molecule has 1 aromatic carbocycles. The number of nitrogens with zero attached hydrogens (tertiary/aromatic N) is 1. The van der Waals surface area contributed by atoms with E-state index in [1.807, 2.05) is 42.7 Å². The highest BCUT2D eigenvalue weighted by atomic mass is 16.5. The summed E-state index contributed by atoms with van der Waals surface area (Å²) in [5.41, 5.74) is 2.22. The highest BCUT2D eigenvalue weighted by Crippen LogP contribution is 2.16. The normalized spacial score (nSPS) is 10.4. The zero-order chi connectivity index (χ0) is 16.8. The lowest BCUT2D eigenvalue weighted by Gasteiger charge is -2.14. The van der Waals surface area contributed by atoms with Crippen LogP contribution < -0.4 is 15.5 Å². The fraction of sp³-hybridized carbons (Fsp3) is 0.333. The van der Waals surface area contributed by atoms with Gasteiger partial charge in [-0.3, -0.25) is 9.59 Å². The van der Waals surface area contributed by atoms with Crippen molar-refractivity contribution >= 4 is 11.6 Å². The number of hydrogen-bond acceptors (Lipinski definition) is 3. The Hall–Kier alpha value is -2.56. The lowest BCUT2D eigenvalue weighted by Crippen LogP contribution is -2.23. The summed E-state index contributed by atoms with van der Waals surface area (Å²) in [6.45, 7) is 6.54. The number of ether oxygens (including phenoxy) is 1. The molecule has 0 unspecified atom stereocenters. The van der Waals surface area contributed by atoms with Crippen molar-refractivity contribution in [2.45, 2.75) is 33.7 Å². The zero-order valence-electron chi connectivity index (χ0n) is 13.8. The van der Waals surface area contributed by atoms with E-state index in [0.717, 1.165) is 29.2 Å². The number of nitrogens with one attached hydrogen (secondary N) is 1. The Morgan fingerprint density at radius 2 is 1.74 bits per heavy atom. The first-order valence-corrected chi connectivity index (χ1v) is 7.70. The molecule has 0 aliphatic rings. The summed E-state index contributed by atoms with van der Waals surface area (Å²) in [7, 11) is 0. The number of aromatic nitrogens is 1. The van der Waals surface area contributed by atoms with Gasteiger partial charge in [-0.1, -0.05) is 6.92 Å². The topological polar surface area (TPSA) is 60.3 Å². The number of carbonyl (C=O) groups is 1. The van der Waals surface area contributed by atoms with Gasteiger partial charge in [0.05, 0.1) is 6.61 Å². The first-order valence-electron chi connectivity index (χ1n) is 7.70. The summed E-state index contributed by atoms with van der Waals surface area (Å²) < 4.78 is 7.32. The fourth-order valence-corrected chi connectivity index (χ4v) is 2.34. The largest absolute Gasteiger partial charge is 0.494 e. The minimum Gasteiger partial charge on any atom is -0.494 e. The number of amides is 1. The van der Waals surface area contributed by atoms with Gasteiger partial charge in [-0.05, 0) is 44.5 Å². The molecule has 0 spiro atoms. The molecule has 2 rings (SSSR count). The second-order valence-electron chi connectivity index (χ2n) is 5.48. The highest BCUT2D eigenvalue weighted by molar-refractivity contribution is 5.90. The molecular weight excluding hydrogens is 292 g/mol. The Balaban J connectivity index is 2.01. The summed E-state index contributed by atoms with van der Waals surface area (Å²) in [5.74, 6) is 0.652. The molecule has 1 N–H and O–H groups in total. The number of pyridine rings is 1. The van der Waals surface area contributed by atoms with Crippen LogP contribution in [0.1, 0.15) is 24.7 Å². The van der Waals surface area contributed by atoms with Gasteiger partial charge in [0, 0.05) is 29.2 Å². The van der Waals surface area contributed by atoms with Crippen molar-refractivity contribution in [3.8, 4) is 5.75 Å². The van der Waals surface area contributed by atoms with E-state index in [1.54, 1.807) is 0 Å². The zero-order valence-corrected chi connectivity index (χ0v) is 13.8. The molecule has 5 nitrogen and oxygen atoms in total. The molecule has 0 saturated carbocycles. The van der Waals surface area contributed by atoms with E-state index in [9.17, 15) is 9.59 Å². The van der Waals surface area contributed by atoms with Crippen molar-refractivity contribution < 1.29 is 9.53 Å². The van der Waals surface area contributed by atoms with E-state index in [0.29, 0.717) is 6.61 Å². The van der Waals surface area contributed by atoms with Gasteiger partial charge in [0.15, 0.2) is 5.43 Å². The molecule has 5 heteroatoms. The summed E-state index contributed by atoms with van der Waals surface area (Å²) >= 11 is 0. The lowest BCUT2D eigenvalue weighted by molar-refractivity contribution is -0.116. The molecule has 0 radical (unpaired) electrons. The molecule has 2 aromatic rings. The molecule has 0 saturated heterocycles. The molecular formula is C18H22N2O3. The third-order valence-corrected chi connectivity index (χ3v) is 3.47. The van der Waals surface area contributed by atoms with E-state index in [2.05, 4.69) is 12.2 Å². The van der Waals surface area contributed by atoms with Crippen molar-refractivity contribution in [3.63, 3.8) is 0 Å². The van der Waals surface area contributed by atoms with Gasteiger partial charge in [0.2, 0.25) is 5.91 Å². The van der Waals surface area contributed by atoms with Gasteiger partial charge in [0.1, 0.15) is 12.3 Å². The van der Waals surface area contributed by atoms with Gasteiger partial charge in [-0.25, -0.2) is 0 Å². The molecule has 122 valence electrons. The van der Waals surface area contributed by atoms with Crippen LogP contribution in [-0.4, -0.2) is 17.1 Å². The van der Waals surface area contributed by atoms with Crippen LogP contribution >= 0.6 is 0 Å². The third-order valence-electron chi connectivity index (χ3n) is 3.47. The van der Waals surface area contributed by atoms with E-state index in [1.165, 1.54) is 12.1 Å². The van der Waals surface area contributed by atoms with Gasteiger partial charge < -0.3 is 14.6 Å². The molecule has 0 aliphatic carbocycles. The maximum Gasteiger partial charge on any atom is 0.244 e. The summed E-state index contributed by atoms with van der Waals surface area (Å²) in [4.78, 5) is 23.6. The van der Waals surface area contributed by atoms with Crippen LogP contribution in [-0.2, 0) is 11.3 Å². The smallest absolute Gasteiger partial charge is 0.244 e. The maximum atomic E-state index is 12.2. The lowest BCUT2D eigenvalue weighted by atomic mass is 10.2. The molecule has 0 bridgehead atoms. The van der Waals surface area contributed by atoms with Gasteiger partial charge in [-0.15, -0.1) is 0 Å². The van der Waals surface area contributed by atoms with Crippen LogP contribution in [0.25, 0.3) is 0 Å². The number of hydrogen-bond donors (Lipinski definition) is 1. The van der Waals surface area contributed by atoms with E-state index in [-0.39, 0.29) is 17.9 Å². The molecule has 0 aliphatic heterocycles. The fourth-order valence-electron chi connectivity index (χ4n) is 2.34. The number of benzene rings is 1. The highest BCUT2D eigenvalue weighted by Gasteiger charge is 2.08. The van der Waals surface area contributed by atoms with Crippen molar-refractivity contribution in [1.29, 1.82) is 0 Å². The van der Waals surface area contributed by atoms with Crippen LogP contribution in [0.5, 0.6) is 5.75 Å². The van der Waals surface area contributed by atoms with Gasteiger partial charge >= 0.3 is 0 Å². The van der Waals surface area contributed by atoms with E-state index >= 15 is 0 Å². The first kappa shape index (κ1) is 16.8. The average molecular weight is 314 g/mol. The summed E-state index contributed by atoms with van der Waals surface area (Å²) in [5, 5.41) is 2.85. The summed E-state index contributed by atoms with van der Waals surface area (Å²) in [6, 6.07) is 10.4. The van der Waals surface area contributed by atoms with Crippen molar-refractivity contribution in [3.05, 3.63) is 58.0 Å². The Morgan fingerprint density at radius 1 is 1.13 bits per heavy atom. The maximum absolute atomic E-state index is 12.2. The van der Waals surface area contributed by atoms with Crippen molar-refractivity contribution in [1.82, 2.24) is 4.57 Å². The third kappa shape index (κ3) is 4.71. The number of aryl methyl sites for hydroxylation is 2. The molecule has 0 fully saturated rings. The molecule has 1 heterocycles. The van der Waals surface area contributed by atoms with Gasteiger partial charge in [0.25, 0.3) is 0 Å². The molecule has 0 atom stereocenters. The quantitative estimate of drug-likeness (QED) is 0.892. The Labute approximate surface area is 135 Å². The standard InChI is InChI=1S/C18H22N2O3/c1-4-9-23-17-7-5-15(6-8-17)19-18(22)12-20-13(2)10-16(21)11-14(20)3/h5-8,10-11H,4,9,12H2,1-3H3,(H,19,22). The Morgan fingerprint density at radius 3 is 2.30 bits per heavy atom. The second kappa shape index (κ2) is 7.63. The number of anilines is 1. The minimum absolute atomic E-state index is 0.0423. The van der Waals surface area contributed by atoms with Crippen molar-refractivity contribution in [2.75, 3.05) is 11.9 Å². The predicted octanol–water partition coefficient (Wildman–Crippen LogP) is 2.89. The van der Waals surface area contributed by atoms with Crippen LogP contribution in [0.3, 0.4) is 0 Å². The Kier molecular flexibility index (Phi) is 5.57.